The van der Waals surface area contributed by atoms with Crippen LogP contribution in [0.3, 0.4) is 0 Å². The van der Waals surface area contributed by atoms with Gasteiger partial charge in [-0.2, -0.15) is 0 Å². The van der Waals surface area contributed by atoms with E-state index in [0.29, 0.717) is 18.4 Å². The van der Waals surface area contributed by atoms with Crippen molar-refractivity contribution in [3.05, 3.63) is 11.6 Å². The van der Waals surface area contributed by atoms with Crippen LogP contribution in [0.4, 0.5) is 0 Å². The Morgan fingerprint density at radius 1 is 1.35 bits per heavy atom. The maximum absolute atomic E-state index is 11.8. The highest BCUT2D eigenvalue weighted by atomic mass is 16.6. The number of hydrogen-bond acceptors (Lipinski definition) is 5. The van der Waals surface area contributed by atoms with Gasteiger partial charge in [0.1, 0.15) is 17.8 Å². The number of rotatable bonds is 0. The Morgan fingerprint density at radius 2 is 2.00 bits per heavy atom. The summed E-state index contributed by atoms with van der Waals surface area (Å²) in [7, 11) is 0. The second kappa shape index (κ2) is 4.06. The van der Waals surface area contributed by atoms with E-state index in [1.807, 2.05) is 6.92 Å². The van der Waals surface area contributed by atoms with Gasteiger partial charge in [-0.1, -0.05) is 13.0 Å². The van der Waals surface area contributed by atoms with Gasteiger partial charge in [0.15, 0.2) is 0 Å². The predicted molar refractivity (Wildman–Crippen MR) is 70.6 cm³/mol. The van der Waals surface area contributed by atoms with Gasteiger partial charge in [0.2, 0.25) is 0 Å². The summed E-state index contributed by atoms with van der Waals surface area (Å²) >= 11 is 0. The van der Waals surface area contributed by atoms with E-state index in [0.717, 1.165) is 0 Å². The van der Waals surface area contributed by atoms with Crippen molar-refractivity contribution in [2.24, 2.45) is 17.8 Å². The lowest BCUT2D eigenvalue weighted by Gasteiger charge is -2.36. The van der Waals surface area contributed by atoms with Crippen molar-refractivity contribution in [2.75, 3.05) is 0 Å². The van der Waals surface area contributed by atoms with Crippen LogP contribution in [-0.2, 0) is 9.53 Å². The largest absolute Gasteiger partial charge is 0.461 e. The van der Waals surface area contributed by atoms with Crippen molar-refractivity contribution in [1.29, 1.82) is 0 Å². The molecule has 5 nitrogen and oxygen atoms in total. The van der Waals surface area contributed by atoms with Crippen molar-refractivity contribution in [3.63, 3.8) is 0 Å². The molecule has 7 atom stereocenters. The number of aliphatic hydroxyl groups is 3. The van der Waals surface area contributed by atoms with Crippen LogP contribution in [0.1, 0.15) is 33.6 Å². The molecular weight excluding hydrogens is 260 g/mol. The number of aliphatic hydroxyl groups excluding tert-OH is 1. The summed E-state index contributed by atoms with van der Waals surface area (Å²) in [5.41, 5.74) is -1.90. The molecule has 5 heteroatoms. The fourth-order valence-electron chi connectivity index (χ4n) is 4.08. The Labute approximate surface area is 118 Å². The summed E-state index contributed by atoms with van der Waals surface area (Å²) in [5.74, 6) is -1.06. The maximum atomic E-state index is 11.8. The minimum absolute atomic E-state index is 0.0263. The molecule has 0 spiro atoms. The predicted octanol–water partition coefficient (Wildman–Crippen LogP) is 0.377. The van der Waals surface area contributed by atoms with Crippen molar-refractivity contribution in [1.82, 2.24) is 0 Å². The third-order valence-corrected chi connectivity index (χ3v) is 5.50. The summed E-state index contributed by atoms with van der Waals surface area (Å²) in [6, 6.07) is 0. The normalized spacial score (nSPS) is 54.8. The molecule has 2 fully saturated rings. The molecule has 3 rings (SSSR count). The van der Waals surface area contributed by atoms with E-state index in [9.17, 15) is 20.1 Å². The van der Waals surface area contributed by atoms with Gasteiger partial charge < -0.3 is 20.1 Å². The summed E-state index contributed by atoms with van der Waals surface area (Å²) in [6.45, 7) is 5.07. The SMILES string of the molecule is C[C@@H]1C(=O)O[C@H]2[C@@H]1CC[C@](C)(O)C1=C[C@@H](O)[C@@](C)(O)[C@@H]12. The average molecular weight is 282 g/mol. The summed E-state index contributed by atoms with van der Waals surface area (Å²) in [4.78, 5) is 11.8. The van der Waals surface area contributed by atoms with Crippen LogP contribution in [0.15, 0.2) is 11.6 Å². The lowest BCUT2D eigenvalue weighted by molar-refractivity contribution is -0.151. The molecule has 0 amide bonds. The van der Waals surface area contributed by atoms with E-state index in [-0.39, 0.29) is 17.8 Å². The first kappa shape index (κ1) is 14.0. The van der Waals surface area contributed by atoms with Crippen LogP contribution in [-0.4, -0.2) is 44.7 Å². The molecule has 1 heterocycles. The molecule has 0 aromatic heterocycles. The minimum Gasteiger partial charge on any atom is -0.461 e. The van der Waals surface area contributed by atoms with E-state index in [4.69, 9.17) is 4.74 Å². The standard InChI is InChI=1S/C15H22O5/c1-7-8-4-5-14(2,18)9-6-10(16)15(3,19)11(9)12(8)20-13(7)17/h6-8,10-12,16,18-19H,4-5H2,1-3H3/t7-,8+,10+,11-,12-,14-,15+/m0/s1. The Bertz CT molecular complexity index is 479. The van der Waals surface area contributed by atoms with Crippen molar-refractivity contribution in [2.45, 2.75) is 57.0 Å². The van der Waals surface area contributed by atoms with Crippen LogP contribution in [0, 0.1) is 17.8 Å². The van der Waals surface area contributed by atoms with Crippen LogP contribution in [0.2, 0.25) is 0 Å². The van der Waals surface area contributed by atoms with Crippen LogP contribution in [0.25, 0.3) is 0 Å². The van der Waals surface area contributed by atoms with Gasteiger partial charge in [0.25, 0.3) is 0 Å². The number of carbonyl (C=O) groups is 1. The van der Waals surface area contributed by atoms with Crippen LogP contribution >= 0.6 is 0 Å². The highest BCUT2D eigenvalue weighted by molar-refractivity contribution is 5.75. The van der Waals surface area contributed by atoms with Crippen molar-refractivity contribution < 1.29 is 24.9 Å². The number of esters is 1. The Balaban J connectivity index is 2.08. The van der Waals surface area contributed by atoms with E-state index in [1.165, 1.54) is 6.08 Å². The molecule has 2 aliphatic carbocycles. The molecule has 1 saturated heterocycles. The molecule has 0 bridgehead atoms. The second-order valence-electron chi connectivity index (χ2n) is 6.94. The molecule has 0 aromatic carbocycles. The Hall–Kier alpha value is -0.910. The molecule has 0 radical (unpaired) electrons. The van der Waals surface area contributed by atoms with E-state index < -0.39 is 29.3 Å². The van der Waals surface area contributed by atoms with E-state index in [1.54, 1.807) is 13.8 Å². The molecule has 20 heavy (non-hydrogen) atoms. The van der Waals surface area contributed by atoms with Crippen molar-refractivity contribution >= 4 is 5.97 Å². The first-order chi connectivity index (χ1) is 9.16. The lowest BCUT2D eigenvalue weighted by Crippen LogP contribution is -2.49. The quantitative estimate of drug-likeness (QED) is 0.441. The van der Waals surface area contributed by atoms with Crippen molar-refractivity contribution in [3.8, 4) is 0 Å². The third-order valence-electron chi connectivity index (χ3n) is 5.50. The molecule has 3 N–H and O–H groups in total. The summed E-state index contributed by atoms with van der Waals surface area (Å²) < 4.78 is 5.49. The molecule has 1 aliphatic heterocycles. The minimum atomic E-state index is -1.42. The molecule has 1 saturated carbocycles. The lowest BCUT2D eigenvalue weighted by atomic mass is 9.75. The first-order valence-corrected chi connectivity index (χ1v) is 7.22. The van der Waals surface area contributed by atoms with Gasteiger partial charge in [-0.15, -0.1) is 0 Å². The van der Waals surface area contributed by atoms with Gasteiger partial charge in [-0.25, -0.2) is 0 Å². The van der Waals surface area contributed by atoms with Gasteiger partial charge in [0, 0.05) is 5.92 Å². The average Bonchev–Trinajstić information content (AvgIpc) is 2.69. The third kappa shape index (κ3) is 1.70. The Kier molecular flexibility index (Phi) is 2.85. The first-order valence-electron chi connectivity index (χ1n) is 7.22. The topological polar surface area (TPSA) is 87.0 Å². The zero-order valence-electron chi connectivity index (χ0n) is 12.0. The van der Waals surface area contributed by atoms with Crippen LogP contribution < -0.4 is 0 Å². The molecular formula is C15H22O5. The maximum Gasteiger partial charge on any atom is 0.309 e. The number of fused-ring (bicyclic) bond motifs is 3. The number of carbonyl (C=O) groups excluding carboxylic acids is 1. The van der Waals surface area contributed by atoms with Gasteiger partial charge in [-0.3, -0.25) is 4.79 Å². The zero-order chi connectivity index (χ0) is 14.9. The highest BCUT2D eigenvalue weighted by Crippen LogP contribution is 2.53. The van der Waals surface area contributed by atoms with E-state index in [2.05, 4.69) is 0 Å². The van der Waals surface area contributed by atoms with Gasteiger partial charge in [0.05, 0.1) is 17.4 Å². The van der Waals surface area contributed by atoms with E-state index >= 15 is 0 Å². The second-order valence-corrected chi connectivity index (χ2v) is 6.94. The molecule has 0 aromatic rings. The van der Waals surface area contributed by atoms with Gasteiger partial charge in [-0.05, 0) is 32.3 Å². The Morgan fingerprint density at radius 3 is 2.65 bits per heavy atom. The number of hydrogen-bond donors (Lipinski definition) is 3. The molecule has 112 valence electrons. The fourth-order valence-corrected chi connectivity index (χ4v) is 4.08. The fraction of sp³-hybridized carbons (Fsp3) is 0.800. The van der Waals surface area contributed by atoms with Crippen LogP contribution in [0.5, 0.6) is 0 Å². The highest BCUT2D eigenvalue weighted by Gasteiger charge is 2.60. The zero-order valence-corrected chi connectivity index (χ0v) is 12.0. The van der Waals surface area contributed by atoms with Gasteiger partial charge >= 0.3 is 5.97 Å². The smallest absolute Gasteiger partial charge is 0.309 e. The monoisotopic (exact) mass is 282 g/mol. The number of ether oxygens (including phenoxy) is 1. The summed E-state index contributed by atoms with van der Waals surface area (Å²) in [5, 5.41) is 31.4. The summed E-state index contributed by atoms with van der Waals surface area (Å²) in [6.07, 6.45) is 1.18. The molecule has 3 aliphatic rings. The molecule has 0 unspecified atom stereocenters.